The first-order valence-electron chi connectivity index (χ1n) is 8.81. The zero-order chi connectivity index (χ0) is 16.4. The highest BCUT2D eigenvalue weighted by atomic mass is 16.5. The zero-order valence-corrected chi connectivity index (χ0v) is 13.7. The van der Waals surface area contributed by atoms with Gasteiger partial charge in [0, 0.05) is 43.4 Å². The van der Waals surface area contributed by atoms with E-state index in [1.165, 1.54) is 12.8 Å². The lowest BCUT2D eigenvalue weighted by atomic mass is 10.0. The molecule has 4 rings (SSSR count). The number of hydrogen-bond donors (Lipinski definition) is 0. The molecule has 1 unspecified atom stereocenters. The molecule has 1 aliphatic carbocycles. The van der Waals surface area contributed by atoms with Gasteiger partial charge >= 0.3 is 0 Å². The van der Waals surface area contributed by atoms with E-state index in [9.17, 15) is 4.79 Å². The number of rotatable bonds is 4. The van der Waals surface area contributed by atoms with Crippen molar-refractivity contribution in [1.82, 2.24) is 20.0 Å². The van der Waals surface area contributed by atoms with Crippen LogP contribution in [0, 0.1) is 11.8 Å². The molecule has 0 aromatic carbocycles. The molecule has 2 aromatic heterocycles. The Bertz CT molecular complexity index is 694. The maximum Gasteiger partial charge on any atom is 0.258 e. The molecule has 2 fully saturated rings. The number of aromatic nitrogens is 3. The molecule has 1 atom stereocenters. The third kappa shape index (κ3) is 3.18. The van der Waals surface area contributed by atoms with Crippen LogP contribution in [0.15, 0.2) is 29.0 Å². The van der Waals surface area contributed by atoms with Crippen LogP contribution in [0.5, 0.6) is 0 Å². The maximum atomic E-state index is 12.5. The van der Waals surface area contributed by atoms with E-state index >= 15 is 0 Å². The van der Waals surface area contributed by atoms with Crippen LogP contribution in [0.3, 0.4) is 0 Å². The lowest BCUT2D eigenvalue weighted by Gasteiger charge is -2.20. The van der Waals surface area contributed by atoms with Crippen LogP contribution in [0.25, 0.3) is 11.5 Å². The number of pyridine rings is 1. The summed E-state index contributed by atoms with van der Waals surface area (Å²) in [6, 6.07) is 3.71. The summed E-state index contributed by atoms with van der Waals surface area (Å²) >= 11 is 0. The second kappa shape index (κ2) is 6.71. The van der Waals surface area contributed by atoms with Gasteiger partial charge in [0.05, 0.1) is 0 Å². The molecule has 3 heterocycles. The molecule has 2 aliphatic rings. The topological polar surface area (TPSA) is 72.1 Å². The maximum absolute atomic E-state index is 12.5. The Morgan fingerprint density at radius 1 is 1.21 bits per heavy atom. The summed E-state index contributed by atoms with van der Waals surface area (Å²) in [6.45, 7) is 1.70. The SMILES string of the molecule is O=C(C1CCCC1)N1CCC(Cc2noc(-c3ccncc3)n2)C1. The third-order valence-corrected chi connectivity index (χ3v) is 5.17. The van der Waals surface area contributed by atoms with Gasteiger partial charge in [0.1, 0.15) is 0 Å². The van der Waals surface area contributed by atoms with E-state index in [0.717, 1.165) is 50.2 Å². The summed E-state index contributed by atoms with van der Waals surface area (Å²) in [4.78, 5) is 23.0. The Kier molecular flexibility index (Phi) is 4.28. The van der Waals surface area contributed by atoms with Crippen LogP contribution in [-0.2, 0) is 11.2 Å². The van der Waals surface area contributed by atoms with Crippen molar-refractivity contribution in [2.75, 3.05) is 13.1 Å². The van der Waals surface area contributed by atoms with Crippen molar-refractivity contribution in [3.05, 3.63) is 30.4 Å². The third-order valence-electron chi connectivity index (χ3n) is 5.17. The molecule has 0 bridgehead atoms. The number of amides is 1. The van der Waals surface area contributed by atoms with Gasteiger partial charge in [-0.05, 0) is 37.3 Å². The van der Waals surface area contributed by atoms with Crippen molar-refractivity contribution in [3.8, 4) is 11.5 Å². The van der Waals surface area contributed by atoms with Gasteiger partial charge in [-0.1, -0.05) is 18.0 Å². The fraction of sp³-hybridized carbons (Fsp3) is 0.556. The van der Waals surface area contributed by atoms with Crippen molar-refractivity contribution >= 4 is 5.91 Å². The second-order valence-electron chi connectivity index (χ2n) is 6.88. The minimum Gasteiger partial charge on any atom is -0.342 e. The van der Waals surface area contributed by atoms with E-state index in [4.69, 9.17) is 4.52 Å². The first-order chi connectivity index (χ1) is 11.8. The van der Waals surface area contributed by atoms with E-state index in [-0.39, 0.29) is 5.92 Å². The van der Waals surface area contributed by atoms with Gasteiger partial charge in [0.2, 0.25) is 5.91 Å². The predicted molar refractivity (Wildman–Crippen MR) is 87.9 cm³/mol. The molecule has 0 radical (unpaired) electrons. The Morgan fingerprint density at radius 2 is 2.00 bits per heavy atom. The van der Waals surface area contributed by atoms with E-state index in [1.54, 1.807) is 12.4 Å². The summed E-state index contributed by atoms with van der Waals surface area (Å²) in [7, 11) is 0. The van der Waals surface area contributed by atoms with Crippen molar-refractivity contribution in [1.29, 1.82) is 0 Å². The molecule has 126 valence electrons. The summed E-state index contributed by atoms with van der Waals surface area (Å²) in [5, 5.41) is 4.09. The van der Waals surface area contributed by atoms with Crippen LogP contribution in [0.1, 0.15) is 37.9 Å². The molecule has 1 aliphatic heterocycles. The molecule has 1 amide bonds. The summed E-state index contributed by atoms with van der Waals surface area (Å²) < 4.78 is 5.35. The van der Waals surface area contributed by atoms with Gasteiger partial charge in [0.15, 0.2) is 5.82 Å². The van der Waals surface area contributed by atoms with E-state index in [2.05, 4.69) is 15.1 Å². The summed E-state index contributed by atoms with van der Waals surface area (Å²) in [5.41, 5.74) is 0.883. The lowest BCUT2D eigenvalue weighted by molar-refractivity contribution is -0.134. The van der Waals surface area contributed by atoms with E-state index in [0.29, 0.717) is 17.7 Å². The Balaban J connectivity index is 1.35. The number of likely N-dealkylation sites (tertiary alicyclic amines) is 1. The molecule has 6 nitrogen and oxygen atoms in total. The van der Waals surface area contributed by atoms with Crippen LogP contribution in [0.2, 0.25) is 0 Å². The van der Waals surface area contributed by atoms with Gasteiger partial charge in [0.25, 0.3) is 5.89 Å². The van der Waals surface area contributed by atoms with Gasteiger partial charge in [-0.3, -0.25) is 9.78 Å². The quantitative estimate of drug-likeness (QED) is 0.864. The van der Waals surface area contributed by atoms with Gasteiger partial charge in [-0.2, -0.15) is 4.98 Å². The van der Waals surface area contributed by atoms with Gasteiger partial charge < -0.3 is 9.42 Å². The van der Waals surface area contributed by atoms with Gasteiger partial charge in [-0.25, -0.2) is 0 Å². The van der Waals surface area contributed by atoms with Crippen LogP contribution >= 0.6 is 0 Å². The van der Waals surface area contributed by atoms with Crippen molar-refractivity contribution in [3.63, 3.8) is 0 Å². The molecule has 1 saturated carbocycles. The standard InChI is InChI=1S/C18H22N4O2/c23-18(15-3-1-2-4-15)22-10-7-13(12-22)11-16-20-17(24-21-16)14-5-8-19-9-6-14/h5-6,8-9,13,15H,1-4,7,10-12H2. The molecule has 2 aromatic rings. The number of hydrogen-bond acceptors (Lipinski definition) is 5. The minimum absolute atomic E-state index is 0.271. The zero-order valence-electron chi connectivity index (χ0n) is 13.7. The number of carbonyl (C=O) groups excluding carboxylic acids is 1. The Hall–Kier alpha value is -2.24. The van der Waals surface area contributed by atoms with Crippen LogP contribution < -0.4 is 0 Å². The van der Waals surface area contributed by atoms with Crippen molar-refractivity contribution in [2.24, 2.45) is 11.8 Å². The molecule has 1 saturated heterocycles. The highest BCUT2D eigenvalue weighted by molar-refractivity contribution is 5.79. The predicted octanol–water partition coefficient (Wildman–Crippen LogP) is 2.71. The highest BCUT2D eigenvalue weighted by Gasteiger charge is 2.32. The molecular formula is C18H22N4O2. The largest absolute Gasteiger partial charge is 0.342 e. The molecule has 0 N–H and O–H groups in total. The van der Waals surface area contributed by atoms with E-state index < -0.39 is 0 Å². The Labute approximate surface area is 141 Å². The minimum atomic E-state index is 0.271. The second-order valence-corrected chi connectivity index (χ2v) is 6.88. The summed E-state index contributed by atoms with van der Waals surface area (Å²) in [5.74, 6) is 2.32. The monoisotopic (exact) mass is 326 g/mol. The highest BCUT2D eigenvalue weighted by Crippen LogP contribution is 2.29. The fourth-order valence-electron chi connectivity index (χ4n) is 3.84. The fourth-order valence-corrected chi connectivity index (χ4v) is 3.84. The number of carbonyl (C=O) groups is 1. The molecule has 6 heteroatoms. The van der Waals surface area contributed by atoms with Crippen LogP contribution in [-0.4, -0.2) is 39.0 Å². The smallest absolute Gasteiger partial charge is 0.258 e. The average Bonchev–Trinajstić information content (AvgIpc) is 3.37. The normalized spacial score (nSPS) is 21.5. The number of nitrogens with zero attached hydrogens (tertiary/aromatic N) is 4. The lowest BCUT2D eigenvalue weighted by Crippen LogP contribution is -2.33. The molecular weight excluding hydrogens is 304 g/mol. The van der Waals surface area contributed by atoms with Crippen LogP contribution in [0.4, 0.5) is 0 Å². The van der Waals surface area contributed by atoms with Crippen molar-refractivity contribution in [2.45, 2.75) is 38.5 Å². The van der Waals surface area contributed by atoms with E-state index in [1.807, 2.05) is 17.0 Å². The summed E-state index contributed by atoms with van der Waals surface area (Å²) in [6.07, 6.45) is 9.76. The average molecular weight is 326 g/mol. The first kappa shape index (κ1) is 15.3. The Morgan fingerprint density at radius 3 is 2.79 bits per heavy atom. The molecule has 24 heavy (non-hydrogen) atoms. The first-order valence-corrected chi connectivity index (χ1v) is 8.81. The van der Waals surface area contributed by atoms with Gasteiger partial charge in [-0.15, -0.1) is 0 Å². The van der Waals surface area contributed by atoms with Crippen molar-refractivity contribution < 1.29 is 9.32 Å². The molecule has 0 spiro atoms.